The molecule has 0 atom stereocenters. The molecule has 0 spiro atoms. The summed E-state index contributed by atoms with van der Waals surface area (Å²) in [5, 5.41) is 0. The number of anilines is 1. The predicted molar refractivity (Wildman–Crippen MR) is 56.2 cm³/mol. The lowest BCUT2D eigenvalue weighted by molar-refractivity contribution is 1.05. The number of terminal acetylenes is 1. The molecule has 0 aliphatic carbocycles. The summed E-state index contributed by atoms with van der Waals surface area (Å²) in [5.41, 5.74) is 16.1. The molecule has 0 saturated heterocycles. The smallest absolute Gasteiger partial charge is 0.0389 e. The fraction of sp³-hybridized carbons (Fsp3) is 0.273. The van der Waals surface area contributed by atoms with E-state index in [1.165, 1.54) is 0 Å². The molecule has 2 nitrogen and oxygen atoms in total. The van der Waals surface area contributed by atoms with Crippen LogP contribution >= 0.6 is 0 Å². The van der Waals surface area contributed by atoms with Crippen LogP contribution in [0.4, 0.5) is 5.69 Å². The molecule has 1 rings (SSSR count). The monoisotopic (exact) mass is 174 g/mol. The van der Waals surface area contributed by atoms with E-state index in [0.29, 0.717) is 6.54 Å². The lowest BCUT2D eigenvalue weighted by Gasteiger charge is -2.11. The SMILES string of the molecule is C#Cc1cc(CN)c(C)c(N)c1C. The second kappa shape index (κ2) is 3.51. The minimum absolute atomic E-state index is 0.477. The van der Waals surface area contributed by atoms with Gasteiger partial charge in [0.2, 0.25) is 0 Å². The topological polar surface area (TPSA) is 52.0 Å². The van der Waals surface area contributed by atoms with Crippen LogP contribution in [0.3, 0.4) is 0 Å². The highest BCUT2D eigenvalue weighted by Gasteiger charge is 2.07. The summed E-state index contributed by atoms with van der Waals surface area (Å²) in [5.74, 6) is 2.60. The van der Waals surface area contributed by atoms with Gasteiger partial charge in [-0.15, -0.1) is 6.42 Å². The fourth-order valence-electron chi connectivity index (χ4n) is 1.35. The summed E-state index contributed by atoms with van der Waals surface area (Å²) in [4.78, 5) is 0. The largest absolute Gasteiger partial charge is 0.398 e. The summed E-state index contributed by atoms with van der Waals surface area (Å²) in [7, 11) is 0. The Kier molecular flexibility index (Phi) is 2.60. The normalized spacial score (nSPS) is 9.69. The number of nitrogens with two attached hydrogens (primary N) is 2. The minimum atomic E-state index is 0.477. The number of hydrogen-bond donors (Lipinski definition) is 2. The molecule has 0 amide bonds. The van der Waals surface area contributed by atoms with Gasteiger partial charge < -0.3 is 11.5 Å². The van der Waals surface area contributed by atoms with Crippen molar-refractivity contribution in [3.05, 3.63) is 28.3 Å². The first kappa shape index (κ1) is 9.63. The van der Waals surface area contributed by atoms with Gasteiger partial charge in [0.1, 0.15) is 0 Å². The third kappa shape index (κ3) is 1.51. The van der Waals surface area contributed by atoms with Crippen molar-refractivity contribution in [2.45, 2.75) is 20.4 Å². The molecular formula is C11H14N2. The van der Waals surface area contributed by atoms with E-state index in [-0.39, 0.29) is 0 Å². The molecule has 0 aliphatic rings. The zero-order valence-corrected chi connectivity index (χ0v) is 8.02. The van der Waals surface area contributed by atoms with Gasteiger partial charge in [-0.2, -0.15) is 0 Å². The Labute approximate surface area is 78.9 Å². The van der Waals surface area contributed by atoms with Crippen molar-refractivity contribution in [3.8, 4) is 12.3 Å². The molecular weight excluding hydrogens is 160 g/mol. The lowest BCUT2D eigenvalue weighted by atomic mass is 9.98. The average molecular weight is 174 g/mol. The highest BCUT2D eigenvalue weighted by molar-refractivity contribution is 5.62. The summed E-state index contributed by atoms with van der Waals surface area (Å²) < 4.78 is 0. The molecule has 0 heterocycles. The summed E-state index contributed by atoms with van der Waals surface area (Å²) >= 11 is 0. The van der Waals surface area contributed by atoms with Gasteiger partial charge in [-0.05, 0) is 36.6 Å². The first-order chi connectivity index (χ1) is 6.11. The van der Waals surface area contributed by atoms with E-state index in [9.17, 15) is 0 Å². The Bertz CT molecular complexity index is 373. The third-order valence-electron chi connectivity index (χ3n) is 2.39. The van der Waals surface area contributed by atoms with E-state index in [4.69, 9.17) is 17.9 Å². The quantitative estimate of drug-likeness (QED) is 0.498. The van der Waals surface area contributed by atoms with Crippen LogP contribution in [0.1, 0.15) is 22.3 Å². The number of nitrogen functional groups attached to an aromatic ring is 1. The van der Waals surface area contributed by atoms with E-state index < -0.39 is 0 Å². The van der Waals surface area contributed by atoms with E-state index in [2.05, 4.69) is 5.92 Å². The van der Waals surface area contributed by atoms with Crippen LogP contribution in [0.2, 0.25) is 0 Å². The molecule has 68 valence electrons. The number of benzene rings is 1. The maximum absolute atomic E-state index is 5.88. The molecule has 0 aliphatic heterocycles. The Hall–Kier alpha value is -1.46. The van der Waals surface area contributed by atoms with Crippen molar-refractivity contribution in [1.29, 1.82) is 0 Å². The predicted octanol–water partition coefficient (Wildman–Crippen LogP) is 1.33. The Morgan fingerprint density at radius 1 is 1.38 bits per heavy atom. The molecule has 0 saturated carbocycles. The number of rotatable bonds is 1. The summed E-state index contributed by atoms with van der Waals surface area (Å²) in [6.07, 6.45) is 5.35. The zero-order valence-electron chi connectivity index (χ0n) is 8.02. The second-order valence-corrected chi connectivity index (χ2v) is 3.10. The Morgan fingerprint density at radius 3 is 2.46 bits per heavy atom. The van der Waals surface area contributed by atoms with E-state index in [1.54, 1.807) is 0 Å². The molecule has 1 aromatic rings. The lowest BCUT2D eigenvalue weighted by Crippen LogP contribution is -2.05. The maximum Gasteiger partial charge on any atom is 0.0389 e. The summed E-state index contributed by atoms with van der Waals surface area (Å²) in [6, 6.07) is 1.93. The maximum atomic E-state index is 5.88. The molecule has 13 heavy (non-hydrogen) atoms. The van der Waals surface area contributed by atoms with Crippen molar-refractivity contribution >= 4 is 5.69 Å². The van der Waals surface area contributed by atoms with E-state index >= 15 is 0 Å². The van der Waals surface area contributed by atoms with Gasteiger partial charge in [-0.1, -0.05) is 5.92 Å². The van der Waals surface area contributed by atoms with Crippen LogP contribution in [-0.4, -0.2) is 0 Å². The van der Waals surface area contributed by atoms with Crippen LogP contribution in [-0.2, 0) is 6.54 Å². The molecule has 4 N–H and O–H groups in total. The standard InChI is InChI=1S/C11H14N2/c1-4-9-5-10(6-12)8(3)11(13)7(9)2/h1,5H,6,12-13H2,2-3H3. The van der Waals surface area contributed by atoms with Crippen LogP contribution < -0.4 is 11.5 Å². The first-order valence-corrected chi connectivity index (χ1v) is 4.17. The van der Waals surface area contributed by atoms with Gasteiger partial charge in [0.25, 0.3) is 0 Å². The summed E-state index contributed by atoms with van der Waals surface area (Å²) in [6.45, 7) is 4.37. The van der Waals surface area contributed by atoms with Crippen LogP contribution in [0, 0.1) is 26.2 Å². The van der Waals surface area contributed by atoms with Gasteiger partial charge in [-0.3, -0.25) is 0 Å². The zero-order chi connectivity index (χ0) is 10.0. The van der Waals surface area contributed by atoms with Crippen molar-refractivity contribution in [2.75, 3.05) is 5.73 Å². The van der Waals surface area contributed by atoms with Crippen molar-refractivity contribution in [1.82, 2.24) is 0 Å². The van der Waals surface area contributed by atoms with Crippen LogP contribution in [0.5, 0.6) is 0 Å². The van der Waals surface area contributed by atoms with Gasteiger partial charge >= 0.3 is 0 Å². The highest BCUT2D eigenvalue weighted by atomic mass is 14.6. The molecule has 0 bridgehead atoms. The van der Waals surface area contributed by atoms with Crippen LogP contribution in [0.25, 0.3) is 0 Å². The number of hydrogen-bond acceptors (Lipinski definition) is 2. The Morgan fingerprint density at radius 2 is 2.00 bits per heavy atom. The third-order valence-corrected chi connectivity index (χ3v) is 2.39. The Balaban J connectivity index is 3.48. The second-order valence-electron chi connectivity index (χ2n) is 3.10. The molecule has 0 radical (unpaired) electrons. The molecule has 2 heteroatoms. The van der Waals surface area contributed by atoms with Crippen molar-refractivity contribution in [2.24, 2.45) is 5.73 Å². The van der Waals surface area contributed by atoms with E-state index in [1.807, 2.05) is 19.9 Å². The molecule has 0 aromatic heterocycles. The minimum Gasteiger partial charge on any atom is -0.398 e. The average Bonchev–Trinajstić information content (AvgIpc) is 2.15. The molecule has 1 aromatic carbocycles. The van der Waals surface area contributed by atoms with Crippen molar-refractivity contribution < 1.29 is 0 Å². The van der Waals surface area contributed by atoms with Crippen LogP contribution in [0.15, 0.2) is 6.07 Å². The van der Waals surface area contributed by atoms with Crippen molar-refractivity contribution in [3.63, 3.8) is 0 Å². The van der Waals surface area contributed by atoms with Gasteiger partial charge in [0.05, 0.1) is 0 Å². The highest BCUT2D eigenvalue weighted by Crippen LogP contribution is 2.23. The fourth-order valence-corrected chi connectivity index (χ4v) is 1.35. The van der Waals surface area contributed by atoms with Gasteiger partial charge in [-0.25, -0.2) is 0 Å². The van der Waals surface area contributed by atoms with Gasteiger partial charge in [0, 0.05) is 17.8 Å². The molecule has 0 fully saturated rings. The molecule has 0 unspecified atom stereocenters. The van der Waals surface area contributed by atoms with Gasteiger partial charge in [0.15, 0.2) is 0 Å². The first-order valence-electron chi connectivity index (χ1n) is 4.17. The van der Waals surface area contributed by atoms with E-state index in [0.717, 1.165) is 27.9 Å².